The summed E-state index contributed by atoms with van der Waals surface area (Å²) >= 11 is 0. The molecule has 1 heterocycles. The number of nitro benzene ring substituents is 1. The van der Waals surface area contributed by atoms with Crippen molar-refractivity contribution in [2.45, 2.75) is 71.3 Å². The Balaban J connectivity index is 2.41. The highest BCUT2D eigenvalue weighted by Crippen LogP contribution is 2.31. The van der Waals surface area contributed by atoms with Crippen LogP contribution in [-0.4, -0.2) is 40.8 Å². The van der Waals surface area contributed by atoms with Gasteiger partial charge in [-0.25, -0.2) is 9.78 Å². The number of hydrogen-bond acceptors (Lipinski definition) is 7. The minimum absolute atomic E-state index is 0.105. The second-order valence-electron chi connectivity index (χ2n) is 10.6. The van der Waals surface area contributed by atoms with Gasteiger partial charge in [-0.05, 0) is 39.3 Å². The molecular weight excluding hydrogens is 466 g/mol. The number of alkyl carbamates (subject to hydrolysis) is 1. The van der Waals surface area contributed by atoms with Crippen LogP contribution < -0.4 is 11.1 Å². The predicted molar refractivity (Wildman–Crippen MR) is 140 cm³/mol. The van der Waals surface area contributed by atoms with Crippen LogP contribution in [0.25, 0.3) is 11.4 Å². The zero-order valence-electron chi connectivity index (χ0n) is 21.5. The number of rotatable bonds is 11. The van der Waals surface area contributed by atoms with E-state index in [-0.39, 0.29) is 18.1 Å². The maximum atomic E-state index is 12.4. The number of nitrogens with zero attached hydrogens (tertiary/aromatic N) is 3. The molecule has 2 rings (SSSR count). The lowest BCUT2D eigenvalue weighted by Gasteiger charge is -2.22. The Morgan fingerprint density at radius 3 is 2.60 bits per heavy atom. The number of amides is 1. The molecule has 35 heavy (non-hydrogen) atoms. The highest BCUT2D eigenvalue weighted by molar-refractivity contribution is 6.76. The molecule has 1 aromatic heterocycles. The quantitative estimate of drug-likeness (QED) is 0.103. The number of carbonyl (C=O) groups is 1. The highest BCUT2D eigenvalue weighted by atomic mass is 28.3. The minimum Gasteiger partial charge on any atom is -0.444 e. The lowest BCUT2D eigenvalue weighted by atomic mass is 10.1. The summed E-state index contributed by atoms with van der Waals surface area (Å²) in [5.74, 6) is 0.487. The minimum atomic E-state index is -1.27. The van der Waals surface area contributed by atoms with Crippen molar-refractivity contribution in [2.24, 2.45) is 0 Å². The summed E-state index contributed by atoms with van der Waals surface area (Å²) < 4.78 is 13.1. The summed E-state index contributed by atoms with van der Waals surface area (Å²) in [6.45, 7) is 16.8. The van der Waals surface area contributed by atoms with E-state index in [2.05, 4.69) is 31.5 Å². The summed E-state index contributed by atoms with van der Waals surface area (Å²) in [4.78, 5) is 27.8. The number of anilines is 1. The standard InChI is InChI=1S/C24H37N5O5Si/c1-8-9-20(27-23(30)34-24(2,3)4)21-15-28(16-33-12-13-35(5,6)7)22(26-21)18-11-10-17(29(31)32)14-19(18)25/h8,10-11,14-15,20H,1,9,12-13,16,25H2,2-7H3,(H,27,30)/t20-/m0/s1. The summed E-state index contributed by atoms with van der Waals surface area (Å²) in [7, 11) is -1.27. The molecule has 1 atom stereocenters. The van der Waals surface area contributed by atoms with Gasteiger partial charge >= 0.3 is 6.09 Å². The Hall–Kier alpha value is -3.18. The number of benzene rings is 1. The van der Waals surface area contributed by atoms with E-state index >= 15 is 0 Å². The van der Waals surface area contributed by atoms with Gasteiger partial charge in [-0.1, -0.05) is 25.7 Å². The Morgan fingerprint density at radius 1 is 1.37 bits per heavy atom. The van der Waals surface area contributed by atoms with Crippen molar-refractivity contribution in [3.63, 3.8) is 0 Å². The summed E-state index contributed by atoms with van der Waals surface area (Å²) in [5.41, 5.74) is 6.74. The molecule has 0 aliphatic carbocycles. The number of imidazole rings is 1. The van der Waals surface area contributed by atoms with Crippen LogP contribution >= 0.6 is 0 Å². The Bertz CT molecular complexity index is 1060. The predicted octanol–water partition coefficient (Wildman–Crippen LogP) is 5.49. The maximum Gasteiger partial charge on any atom is 0.408 e. The van der Waals surface area contributed by atoms with E-state index in [1.165, 1.54) is 12.1 Å². The fraction of sp³-hybridized carbons (Fsp3) is 0.500. The second-order valence-corrected chi connectivity index (χ2v) is 16.2. The largest absolute Gasteiger partial charge is 0.444 e. The molecule has 192 valence electrons. The summed E-state index contributed by atoms with van der Waals surface area (Å²) in [6, 6.07) is 4.77. The Labute approximate surface area is 207 Å². The number of nitrogens with two attached hydrogens (primary N) is 1. The fourth-order valence-electron chi connectivity index (χ4n) is 3.20. The fourth-order valence-corrected chi connectivity index (χ4v) is 3.95. The van der Waals surface area contributed by atoms with Crippen LogP contribution in [0.5, 0.6) is 0 Å². The Kier molecular flexibility index (Phi) is 9.22. The molecule has 3 N–H and O–H groups in total. The molecule has 11 heteroatoms. The van der Waals surface area contributed by atoms with Gasteiger partial charge in [-0.2, -0.15) is 0 Å². The second kappa shape index (κ2) is 11.5. The van der Waals surface area contributed by atoms with E-state index < -0.39 is 30.7 Å². The monoisotopic (exact) mass is 503 g/mol. The maximum absolute atomic E-state index is 12.4. The van der Waals surface area contributed by atoms with Crippen LogP contribution in [0.3, 0.4) is 0 Å². The molecule has 0 radical (unpaired) electrons. The first kappa shape index (κ1) is 28.1. The van der Waals surface area contributed by atoms with Gasteiger partial charge in [0.15, 0.2) is 0 Å². The highest BCUT2D eigenvalue weighted by Gasteiger charge is 2.24. The van der Waals surface area contributed by atoms with Crippen molar-refractivity contribution in [1.82, 2.24) is 14.9 Å². The van der Waals surface area contributed by atoms with Crippen LogP contribution in [0.4, 0.5) is 16.2 Å². The average Bonchev–Trinajstić information content (AvgIpc) is 3.12. The first-order valence-electron chi connectivity index (χ1n) is 11.5. The molecule has 10 nitrogen and oxygen atoms in total. The van der Waals surface area contributed by atoms with Crippen LogP contribution in [-0.2, 0) is 16.2 Å². The molecule has 0 saturated carbocycles. The van der Waals surface area contributed by atoms with Crippen molar-refractivity contribution in [2.75, 3.05) is 12.3 Å². The van der Waals surface area contributed by atoms with Crippen LogP contribution in [0.15, 0.2) is 37.1 Å². The third kappa shape index (κ3) is 8.84. The van der Waals surface area contributed by atoms with Crippen molar-refractivity contribution in [3.8, 4) is 11.4 Å². The first-order chi connectivity index (χ1) is 16.2. The first-order valence-corrected chi connectivity index (χ1v) is 15.2. The molecular formula is C24H37N5O5Si. The zero-order valence-corrected chi connectivity index (χ0v) is 22.5. The van der Waals surface area contributed by atoms with E-state index in [0.29, 0.717) is 30.1 Å². The number of nitrogens with one attached hydrogen (secondary N) is 1. The number of non-ortho nitro benzene ring substituents is 1. The molecule has 0 aliphatic heterocycles. The van der Waals surface area contributed by atoms with Gasteiger partial charge in [-0.3, -0.25) is 10.1 Å². The number of aromatic nitrogens is 2. The van der Waals surface area contributed by atoms with Crippen molar-refractivity contribution < 1.29 is 19.2 Å². The molecule has 1 amide bonds. The zero-order chi connectivity index (χ0) is 26.4. The lowest BCUT2D eigenvalue weighted by molar-refractivity contribution is -0.384. The smallest absolute Gasteiger partial charge is 0.408 e. The average molecular weight is 504 g/mol. The molecule has 0 fully saturated rings. The molecule has 0 spiro atoms. The molecule has 2 aromatic rings. The van der Waals surface area contributed by atoms with Crippen molar-refractivity contribution >= 4 is 25.5 Å². The number of ether oxygens (including phenoxy) is 2. The topological polar surface area (TPSA) is 135 Å². The molecule has 0 unspecified atom stereocenters. The van der Waals surface area contributed by atoms with Crippen LogP contribution in [0, 0.1) is 10.1 Å². The number of nitrogen functional groups attached to an aromatic ring is 1. The third-order valence-corrected chi connectivity index (χ3v) is 6.66. The van der Waals surface area contributed by atoms with Gasteiger partial charge in [-0.15, -0.1) is 6.58 Å². The number of carbonyl (C=O) groups excluding carboxylic acids is 1. The van der Waals surface area contributed by atoms with E-state index in [1.807, 2.05) is 0 Å². The lowest BCUT2D eigenvalue weighted by Crippen LogP contribution is -2.35. The van der Waals surface area contributed by atoms with Crippen molar-refractivity contribution in [3.05, 3.63) is 52.9 Å². The van der Waals surface area contributed by atoms with Gasteiger partial charge in [0.25, 0.3) is 5.69 Å². The van der Waals surface area contributed by atoms with E-state index in [9.17, 15) is 14.9 Å². The van der Waals surface area contributed by atoms with Gasteiger partial charge < -0.3 is 25.1 Å². The molecule has 0 saturated heterocycles. The third-order valence-electron chi connectivity index (χ3n) is 4.96. The SMILES string of the molecule is C=CC[C@H](NC(=O)OC(C)(C)C)c1cn(COCC[Si](C)(C)C)c(-c2ccc([N+](=O)[O-])cc2N)n1. The van der Waals surface area contributed by atoms with E-state index in [4.69, 9.17) is 20.2 Å². The van der Waals surface area contributed by atoms with E-state index in [1.54, 1.807) is 43.7 Å². The van der Waals surface area contributed by atoms with Gasteiger partial charge in [0.2, 0.25) is 0 Å². The normalized spacial score (nSPS) is 12.7. The number of hydrogen-bond donors (Lipinski definition) is 2. The molecule has 0 aliphatic rings. The van der Waals surface area contributed by atoms with Gasteiger partial charge in [0.1, 0.15) is 18.2 Å². The summed E-state index contributed by atoms with van der Waals surface area (Å²) in [6.07, 6.45) is 3.32. The summed E-state index contributed by atoms with van der Waals surface area (Å²) in [5, 5.41) is 14.0. The van der Waals surface area contributed by atoms with Gasteiger partial charge in [0, 0.05) is 44.3 Å². The van der Waals surface area contributed by atoms with Crippen molar-refractivity contribution in [1.29, 1.82) is 0 Å². The molecule has 0 bridgehead atoms. The van der Waals surface area contributed by atoms with Gasteiger partial charge in [0.05, 0.1) is 16.7 Å². The number of nitro groups is 1. The molecule has 1 aromatic carbocycles. The van der Waals surface area contributed by atoms with Crippen LogP contribution in [0.1, 0.15) is 38.9 Å². The van der Waals surface area contributed by atoms with E-state index in [0.717, 1.165) is 6.04 Å². The Morgan fingerprint density at radius 2 is 2.06 bits per heavy atom. The van der Waals surface area contributed by atoms with Crippen LogP contribution in [0.2, 0.25) is 25.7 Å².